The standard InChI is InChI=1S/C10H20BrNO/c1-9-7-12(6-4-5-11)8-10(2,3)13-9/h9H,4-8H2,1-3H3. The summed E-state index contributed by atoms with van der Waals surface area (Å²) in [5.41, 5.74) is 0.0317. The van der Waals surface area contributed by atoms with Gasteiger partial charge < -0.3 is 4.74 Å². The van der Waals surface area contributed by atoms with Gasteiger partial charge in [-0.3, -0.25) is 4.90 Å². The maximum absolute atomic E-state index is 5.83. The molecule has 3 heteroatoms. The van der Waals surface area contributed by atoms with Gasteiger partial charge in [-0.05, 0) is 33.7 Å². The molecule has 1 atom stereocenters. The molecular formula is C10H20BrNO. The number of ether oxygens (including phenoxy) is 1. The minimum Gasteiger partial charge on any atom is -0.370 e. The predicted molar refractivity (Wildman–Crippen MR) is 59.5 cm³/mol. The Bertz CT molecular complexity index is 161. The molecule has 1 unspecified atom stereocenters. The van der Waals surface area contributed by atoms with Crippen molar-refractivity contribution in [2.75, 3.05) is 25.0 Å². The van der Waals surface area contributed by atoms with Crippen LogP contribution in [0.1, 0.15) is 27.2 Å². The average Bonchev–Trinajstić information content (AvgIpc) is 1.97. The molecule has 1 saturated heterocycles. The minimum atomic E-state index is 0.0317. The number of nitrogens with zero attached hydrogens (tertiary/aromatic N) is 1. The average molecular weight is 250 g/mol. The SMILES string of the molecule is CC1CN(CCCBr)CC(C)(C)O1. The predicted octanol–water partition coefficient (Wildman–Crippen LogP) is 2.27. The number of halogens is 1. The Hall–Kier alpha value is 0.400. The third-order valence-electron chi connectivity index (χ3n) is 2.25. The number of morpholine rings is 1. The van der Waals surface area contributed by atoms with Crippen molar-refractivity contribution in [3.8, 4) is 0 Å². The van der Waals surface area contributed by atoms with Gasteiger partial charge in [0.2, 0.25) is 0 Å². The Balaban J connectivity index is 2.38. The zero-order valence-corrected chi connectivity index (χ0v) is 10.4. The van der Waals surface area contributed by atoms with Gasteiger partial charge in [0.1, 0.15) is 0 Å². The Morgan fingerprint density at radius 1 is 1.54 bits per heavy atom. The maximum atomic E-state index is 5.83. The second-order valence-electron chi connectivity index (χ2n) is 4.47. The smallest absolute Gasteiger partial charge is 0.0757 e. The maximum Gasteiger partial charge on any atom is 0.0757 e. The van der Waals surface area contributed by atoms with Crippen LogP contribution in [0.15, 0.2) is 0 Å². The van der Waals surface area contributed by atoms with Gasteiger partial charge in [-0.1, -0.05) is 15.9 Å². The van der Waals surface area contributed by atoms with Crippen molar-refractivity contribution in [1.29, 1.82) is 0 Å². The van der Waals surface area contributed by atoms with E-state index < -0.39 is 0 Å². The molecule has 0 aromatic carbocycles. The molecule has 1 heterocycles. The van der Waals surface area contributed by atoms with Crippen LogP contribution < -0.4 is 0 Å². The molecule has 0 radical (unpaired) electrons. The van der Waals surface area contributed by atoms with E-state index >= 15 is 0 Å². The first-order chi connectivity index (χ1) is 6.03. The van der Waals surface area contributed by atoms with Crippen molar-refractivity contribution < 1.29 is 4.74 Å². The lowest BCUT2D eigenvalue weighted by atomic mass is 10.1. The fourth-order valence-electron chi connectivity index (χ4n) is 2.04. The lowest BCUT2D eigenvalue weighted by Crippen LogP contribution is -2.51. The topological polar surface area (TPSA) is 12.5 Å². The van der Waals surface area contributed by atoms with Crippen molar-refractivity contribution in [2.45, 2.75) is 38.9 Å². The van der Waals surface area contributed by atoms with Crippen molar-refractivity contribution in [3.05, 3.63) is 0 Å². The molecule has 0 aliphatic carbocycles. The van der Waals surface area contributed by atoms with E-state index in [9.17, 15) is 0 Å². The molecule has 1 rings (SSSR count). The first-order valence-corrected chi connectivity index (χ1v) is 6.12. The number of rotatable bonds is 3. The highest BCUT2D eigenvalue weighted by Gasteiger charge is 2.30. The van der Waals surface area contributed by atoms with Gasteiger partial charge >= 0.3 is 0 Å². The van der Waals surface area contributed by atoms with Crippen molar-refractivity contribution in [3.63, 3.8) is 0 Å². The number of alkyl halides is 1. The van der Waals surface area contributed by atoms with Crippen LogP contribution in [0.3, 0.4) is 0 Å². The Kier molecular flexibility index (Phi) is 4.20. The van der Waals surface area contributed by atoms with E-state index in [0.717, 1.165) is 18.4 Å². The summed E-state index contributed by atoms with van der Waals surface area (Å²) in [6.45, 7) is 9.82. The summed E-state index contributed by atoms with van der Waals surface area (Å²) in [6.07, 6.45) is 1.60. The van der Waals surface area contributed by atoms with Gasteiger partial charge in [-0.2, -0.15) is 0 Å². The molecule has 1 aliphatic rings. The van der Waals surface area contributed by atoms with Crippen molar-refractivity contribution in [2.24, 2.45) is 0 Å². The fourth-order valence-corrected chi connectivity index (χ4v) is 2.29. The van der Waals surface area contributed by atoms with Gasteiger partial charge in [0.05, 0.1) is 11.7 Å². The lowest BCUT2D eigenvalue weighted by Gasteiger charge is -2.41. The third-order valence-corrected chi connectivity index (χ3v) is 2.81. The van der Waals surface area contributed by atoms with E-state index in [0.29, 0.717) is 6.10 Å². The normalized spacial score (nSPS) is 29.1. The van der Waals surface area contributed by atoms with E-state index in [-0.39, 0.29) is 5.60 Å². The monoisotopic (exact) mass is 249 g/mol. The molecule has 1 fully saturated rings. The van der Waals surface area contributed by atoms with E-state index in [2.05, 4.69) is 41.6 Å². The molecule has 0 saturated carbocycles. The molecule has 13 heavy (non-hydrogen) atoms. The van der Waals surface area contributed by atoms with Crippen molar-refractivity contribution in [1.82, 2.24) is 4.90 Å². The zero-order valence-electron chi connectivity index (χ0n) is 8.85. The Morgan fingerprint density at radius 3 is 2.77 bits per heavy atom. The third kappa shape index (κ3) is 3.96. The van der Waals surface area contributed by atoms with Crippen molar-refractivity contribution >= 4 is 15.9 Å². The van der Waals surface area contributed by atoms with Crippen LogP contribution in [0, 0.1) is 0 Å². The van der Waals surface area contributed by atoms with Crippen LogP contribution in [0.4, 0.5) is 0 Å². The van der Waals surface area contributed by atoms with Crippen LogP contribution in [0.25, 0.3) is 0 Å². The largest absolute Gasteiger partial charge is 0.370 e. The fraction of sp³-hybridized carbons (Fsp3) is 1.00. The number of hydrogen-bond acceptors (Lipinski definition) is 2. The summed E-state index contributed by atoms with van der Waals surface area (Å²) >= 11 is 3.46. The summed E-state index contributed by atoms with van der Waals surface area (Å²) in [5, 5.41) is 1.10. The Morgan fingerprint density at radius 2 is 2.23 bits per heavy atom. The molecule has 0 spiro atoms. The van der Waals surface area contributed by atoms with Gasteiger partial charge in [0.25, 0.3) is 0 Å². The van der Waals surface area contributed by atoms with E-state index in [1.54, 1.807) is 0 Å². The summed E-state index contributed by atoms with van der Waals surface area (Å²) in [6, 6.07) is 0. The van der Waals surface area contributed by atoms with Crippen LogP contribution in [-0.2, 0) is 4.74 Å². The first-order valence-electron chi connectivity index (χ1n) is 4.99. The van der Waals surface area contributed by atoms with Crippen LogP contribution in [0.2, 0.25) is 0 Å². The summed E-state index contributed by atoms with van der Waals surface area (Å²) in [4.78, 5) is 2.50. The second-order valence-corrected chi connectivity index (χ2v) is 5.26. The second kappa shape index (κ2) is 4.76. The van der Waals surface area contributed by atoms with E-state index in [4.69, 9.17) is 4.74 Å². The van der Waals surface area contributed by atoms with Crippen LogP contribution in [0.5, 0.6) is 0 Å². The van der Waals surface area contributed by atoms with Gasteiger partial charge in [-0.25, -0.2) is 0 Å². The van der Waals surface area contributed by atoms with Gasteiger partial charge in [-0.15, -0.1) is 0 Å². The molecule has 1 aliphatic heterocycles. The van der Waals surface area contributed by atoms with Gasteiger partial charge in [0.15, 0.2) is 0 Å². The van der Waals surface area contributed by atoms with Crippen LogP contribution >= 0.6 is 15.9 Å². The summed E-state index contributed by atoms with van der Waals surface area (Å²) < 4.78 is 5.83. The highest BCUT2D eigenvalue weighted by atomic mass is 79.9. The summed E-state index contributed by atoms with van der Waals surface area (Å²) in [5.74, 6) is 0. The highest BCUT2D eigenvalue weighted by molar-refractivity contribution is 9.09. The molecule has 78 valence electrons. The Labute approximate surface area is 89.8 Å². The molecule has 0 N–H and O–H groups in total. The lowest BCUT2D eigenvalue weighted by molar-refractivity contribution is -0.128. The van der Waals surface area contributed by atoms with Crippen LogP contribution in [-0.4, -0.2) is 41.6 Å². The van der Waals surface area contributed by atoms with E-state index in [1.807, 2.05) is 0 Å². The first kappa shape index (κ1) is 11.5. The zero-order chi connectivity index (χ0) is 9.90. The molecule has 0 amide bonds. The molecule has 2 nitrogen and oxygen atoms in total. The quantitative estimate of drug-likeness (QED) is 0.712. The minimum absolute atomic E-state index is 0.0317. The molecular weight excluding hydrogens is 230 g/mol. The molecule has 0 bridgehead atoms. The molecule has 0 aromatic rings. The number of hydrogen-bond donors (Lipinski definition) is 0. The van der Waals surface area contributed by atoms with E-state index in [1.165, 1.54) is 13.0 Å². The van der Waals surface area contributed by atoms with Gasteiger partial charge in [0, 0.05) is 18.4 Å². The summed E-state index contributed by atoms with van der Waals surface area (Å²) in [7, 11) is 0. The highest BCUT2D eigenvalue weighted by Crippen LogP contribution is 2.20. The molecule has 0 aromatic heterocycles.